The van der Waals surface area contributed by atoms with Gasteiger partial charge in [0.15, 0.2) is 0 Å². The normalized spacial score (nSPS) is 10.8. The van der Waals surface area contributed by atoms with Crippen molar-refractivity contribution in [3.05, 3.63) is 54.0 Å². The van der Waals surface area contributed by atoms with Crippen molar-refractivity contribution >= 4 is 11.6 Å². The van der Waals surface area contributed by atoms with Gasteiger partial charge >= 0.3 is 0 Å². The summed E-state index contributed by atoms with van der Waals surface area (Å²) in [5.41, 5.74) is -0.0391. The van der Waals surface area contributed by atoms with Crippen molar-refractivity contribution in [2.45, 2.75) is 6.54 Å². The fraction of sp³-hybridized carbons (Fsp3) is 0.214. The summed E-state index contributed by atoms with van der Waals surface area (Å²) >= 11 is 0. The lowest BCUT2D eigenvalue weighted by Gasteiger charge is -2.15. The SMILES string of the molecule is CN(CC(=O)Nc1ccc(F)cc1F)Cc1ccco1. The lowest BCUT2D eigenvalue weighted by molar-refractivity contribution is -0.117. The van der Waals surface area contributed by atoms with Crippen molar-refractivity contribution in [2.75, 3.05) is 18.9 Å². The van der Waals surface area contributed by atoms with Crippen LogP contribution >= 0.6 is 0 Å². The first-order valence-electron chi connectivity index (χ1n) is 6.00. The maximum Gasteiger partial charge on any atom is 0.238 e. The molecule has 0 aliphatic carbocycles. The molecule has 106 valence electrons. The van der Waals surface area contributed by atoms with Crippen LogP contribution in [0.25, 0.3) is 0 Å². The van der Waals surface area contributed by atoms with Crippen LogP contribution in [0.15, 0.2) is 41.0 Å². The number of likely N-dealkylation sites (N-methyl/N-ethyl adjacent to an activating group) is 1. The molecule has 1 aromatic carbocycles. The highest BCUT2D eigenvalue weighted by Crippen LogP contribution is 2.14. The van der Waals surface area contributed by atoms with Crippen LogP contribution in [-0.4, -0.2) is 24.4 Å². The van der Waals surface area contributed by atoms with E-state index in [2.05, 4.69) is 5.32 Å². The van der Waals surface area contributed by atoms with Crippen LogP contribution in [0.3, 0.4) is 0 Å². The summed E-state index contributed by atoms with van der Waals surface area (Å²) < 4.78 is 31.3. The smallest absolute Gasteiger partial charge is 0.238 e. The highest BCUT2D eigenvalue weighted by molar-refractivity contribution is 5.92. The monoisotopic (exact) mass is 280 g/mol. The Morgan fingerprint density at radius 1 is 1.35 bits per heavy atom. The average molecular weight is 280 g/mol. The Labute approximate surface area is 115 Å². The quantitative estimate of drug-likeness (QED) is 0.915. The summed E-state index contributed by atoms with van der Waals surface area (Å²) in [6.45, 7) is 0.532. The van der Waals surface area contributed by atoms with Crippen molar-refractivity contribution in [3.63, 3.8) is 0 Å². The summed E-state index contributed by atoms with van der Waals surface area (Å²) in [7, 11) is 1.74. The zero-order valence-corrected chi connectivity index (χ0v) is 10.9. The van der Waals surface area contributed by atoms with Gasteiger partial charge in [0.05, 0.1) is 25.0 Å². The molecule has 0 saturated carbocycles. The molecule has 0 aliphatic heterocycles. The fourth-order valence-electron chi connectivity index (χ4n) is 1.75. The Kier molecular flexibility index (Phi) is 4.47. The van der Waals surface area contributed by atoms with E-state index in [0.717, 1.165) is 17.9 Å². The third-order valence-electron chi connectivity index (χ3n) is 2.62. The molecule has 1 amide bonds. The lowest BCUT2D eigenvalue weighted by Crippen LogP contribution is -2.30. The summed E-state index contributed by atoms with van der Waals surface area (Å²) in [5.74, 6) is -1.14. The zero-order chi connectivity index (χ0) is 14.5. The largest absolute Gasteiger partial charge is 0.468 e. The molecule has 4 nitrogen and oxygen atoms in total. The number of amides is 1. The van der Waals surface area contributed by atoms with Gasteiger partial charge in [-0.3, -0.25) is 9.69 Å². The van der Waals surface area contributed by atoms with E-state index in [-0.39, 0.29) is 18.1 Å². The maximum atomic E-state index is 13.4. The highest BCUT2D eigenvalue weighted by Gasteiger charge is 2.11. The molecular formula is C14H14F2N2O2. The van der Waals surface area contributed by atoms with Gasteiger partial charge in [-0.25, -0.2) is 8.78 Å². The zero-order valence-electron chi connectivity index (χ0n) is 10.9. The van der Waals surface area contributed by atoms with Crippen LogP contribution in [0.5, 0.6) is 0 Å². The number of hydrogen-bond acceptors (Lipinski definition) is 3. The number of furan rings is 1. The van der Waals surface area contributed by atoms with Gasteiger partial charge in [0, 0.05) is 6.07 Å². The molecule has 0 spiro atoms. The molecule has 2 rings (SSSR count). The molecule has 0 fully saturated rings. The van der Waals surface area contributed by atoms with Crippen LogP contribution in [0.4, 0.5) is 14.5 Å². The number of carbonyl (C=O) groups is 1. The molecule has 1 N–H and O–H groups in total. The molecule has 2 aromatic rings. The Balaban J connectivity index is 1.88. The van der Waals surface area contributed by atoms with Gasteiger partial charge < -0.3 is 9.73 Å². The van der Waals surface area contributed by atoms with Crippen molar-refractivity contribution in [3.8, 4) is 0 Å². The minimum atomic E-state index is -0.799. The van der Waals surface area contributed by atoms with Crippen molar-refractivity contribution in [2.24, 2.45) is 0 Å². The van der Waals surface area contributed by atoms with E-state index in [0.29, 0.717) is 6.54 Å². The number of carbonyl (C=O) groups excluding carboxylic acids is 1. The Hall–Kier alpha value is -2.21. The second kappa shape index (κ2) is 6.29. The van der Waals surface area contributed by atoms with Crippen LogP contribution in [0.2, 0.25) is 0 Å². The van der Waals surface area contributed by atoms with Gasteiger partial charge in [-0.2, -0.15) is 0 Å². The molecule has 1 heterocycles. The number of rotatable bonds is 5. The number of anilines is 1. The minimum Gasteiger partial charge on any atom is -0.468 e. The number of halogens is 2. The highest BCUT2D eigenvalue weighted by atomic mass is 19.1. The molecule has 0 unspecified atom stereocenters. The maximum absolute atomic E-state index is 13.4. The first kappa shape index (κ1) is 14.2. The van der Waals surface area contributed by atoms with Crippen LogP contribution in [0.1, 0.15) is 5.76 Å². The number of benzene rings is 1. The van der Waals surface area contributed by atoms with Gasteiger partial charge in [0.2, 0.25) is 5.91 Å². The molecule has 6 heteroatoms. The number of hydrogen-bond donors (Lipinski definition) is 1. The number of nitrogens with zero attached hydrogens (tertiary/aromatic N) is 1. The molecular weight excluding hydrogens is 266 g/mol. The number of nitrogens with one attached hydrogen (secondary N) is 1. The topological polar surface area (TPSA) is 45.5 Å². The van der Waals surface area contributed by atoms with E-state index >= 15 is 0 Å². The van der Waals surface area contributed by atoms with Gasteiger partial charge in [-0.15, -0.1) is 0 Å². The van der Waals surface area contributed by atoms with Gasteiger partial charge in [-0.1, -0.05) is 0 Å². The van der Waals surface area contributed by atoms with Crippen LogP contribution in [-0.2, 0) is 11.3 Å². The fourth-order valence-corrected chi connectivity index (χ4v) is 1.75. The molecule has 0 atom stereocenters. The van der Waals surface area contributed by atoms with E-state index in [1.54, 1.807) is 30.3 Å². The third-order valence-corrected chi connectivity index (χ3v) is 2.62. The van der Waals surface area contributed by atoms with E-state index in [4.69, 9.17) is 4.42 Å². The molecule has 0 radical (unpaired) electrons. The molecule has 0 bridgehead atoms. The van der Waals surface area contributed by atoms with E-state index in [9.17, 15) is 13.6 Å². The third kappa shape index (κ3) is 3.89. The Bertz CT molecular complexity index is 585. The van der Waals surface area contributed by atoms with Crippen molar-refractivity contribution < 1.29 is 18.0 Å². The van der Waals surface area contributed by atoms with Crippen molar-refractivity contribution in [1.29, 1.82) is 0 Å². The molecule has 1 aromatic heterocycles. The summed E-state index contributed by atoms with van der Waals surface area (Å²) in [6, 6.07) is 6.56. The average Bonchev–Trinajstić information content (AvgIpc) is 2.85. The van der Waals surface area contributed by atoms with E-state index in [1.165, 1.54) is 6.07 Å². The lowest BCUT2D eigenvalue weighted by atomic mass is 10.3. The molecule has 20 heavy (non-hydrogen) atoms. The van der Waals surface area contributed by atoms with E-state index in [1.807, 2.05) is 0 Å². The van der Waals surface area contributed by atoms with Crippen LogP contribution in [0, 0.1) is 11.6 Å². The standard InChI is InChI=1S/C14H14F2N2O2/c1-18(8-11-3-2-6-20-11)9-14(19)17-13-5-4-10(15)7-12(13)16/h2-7H,8-9H2,1H3,(H,17,19). The Morgan fingerprint density at radius 3 is 2.80 bits per heavy atom. The summed E-state index contributed by atoms with van der Waals surface area (Å²) in [6.07, 6.45) is 1.55. The summed E-state index contributed by atoms with van der Waals surface area (Å²) in [4.78, 5) is 13.5. The first-order chi connectivity index (χ1) is 9.54. The second-order valence-electron chi connectivity index (χ2n) is 4.42. The van der Waals surface area contributed by atoms with E-state index < -0.39 is 11.6 Å². The predicted molar refractivity (Wildman–Crippen MR) is 70.0 cm³/mol. The molecule has 0 saturated heterocycles. The summed E-state index contributed by atoms with van der Waals surface area (Å²) in [5, 5.41) is 2.40. The van der Waals surface area contributed by atoms with Gasteiger partial charge in [0.25, 0.3) is 0 Å². The van der Waals surface area contributed by atoms with Crippen molar-refractivity contribution in [1.82, 2.24) is 4.90 Å². The second-order valence-corrected chi connectivity index (χ2v) is 4.42. The first-order valence-corrected chi connectivity index (χ1v) is 6.00. The van der Waals surface area contributed by atoms with Gasteiger partial charge in [-0.05, 0) is 31.3 Å². The van der Waals surface area contributed by atoms with Crippen LogP contribution < -0.4 is 5.32 Å². The predicted octanol–water partition coefficient (Wildman–Crippen LogP) is 2.63. The Morgan fingerprint density at radius 2 is 2.15 bits per heavy atom. The van der Waals surface area contributed by atoms with Gasteiger partial charge in [0.1, 0.15) is 17.4 Å². The molecule has 0 aliphatic rings. The minimum absolute atomic E-state index is 0.0391.